The number of aromatic nitrogens is 1. The van der Waals surface area contributed by atoms with Crippen LogP contribution in [0.5, 0.6) is 0 Å². The summed E-state index contributed by atoms with van der Waals surface area (Å²) in [5, 5.41) is 9.50. The number of nitrogens with one attached hydrogen (secondary N) is 1. The van der Waals surface area contributed by atoms with Crippen LogP contribution < -0.4 is 4.72 Å². The molecular formula is C23H39N3O3S. The van der Waals surface area contributed by atoms with Crippen molar-refractivity contribution in [3.63, 3.8) is 0 Å². The number of likely N-dealkylation sites (tertiary alicyclic amines) is 1. The van der Waals surface area contributed by atoms with Crippen molar-refractivity contribution in [3.8, 4) is 0 Å². The van der Waals surface area contributed by atoms with Gasteiger partial charge in [-0.25, -0.2) is 13.7 Å². The van der Waals surface area contributed by atoms with E-state index in [2.05, 4.69) is 36.5 Å². The van der Waals surface area contributed by atoms with Gasteiger partial charge in [0.25, 0.3) is 0 Å². The second-order valence-electron chi connectivity index (χ2n) is 11.1. The fourth-order valence-corrected chi connectivity index (χ4v) is 4.85. The number of hydrogen-bond acceptors (Lipinski definition) is 3. The maximum Gasteiger partial charge on any atom is 0.407 e. The second kappa shape index (κ2) is 8.95. The molecule has 0 spiro atoms. The van der Waals surface area contributed by atoms with Crippen LogP contribution in [-0.2, 0) is 16.4 Å². The third-order valence-corrected chi connectivity index (χ3v) is 7.47. The van der Waals surface area contributed by atoms with Crippen molar-refractivity contribution in [2.45, 2.75) is 96.4 Å². The van der Waals surface area contributed by atoms with Crippen LogP contribution in [0.1, 0.15) is 92.0 Å². The topological polar surface area (TPSA) is 82.5 Å². The molecule has 1 aromatic heterocycles. The standard InChI is InChI=1S/C23H39N3O3S/c1-21(2,3)17-11-12-24-19(13-17)18(25-30(29)22(4,5)6)10-9-16-14-23(7,8)26(15-16)20(27)28/h11-13,16,18,25H,9-10,14-15H2,1-8H3,(H,27,28)/t16-,18?,30?/m0/s1. The van der Waals surface area contributed by atoms with E-state index in [0.717, 1.165) is 25.0 Å². The molecule has 1 aliphatic rings. The van der Waals surface area contributed by atoms with E-state index in [4.69, 9.17) is 0 Å². The van der Waals surface area contributed by atoms with Gasteiger partial charge in [0.15, 0.2) is 0 Å². The van der Waals surface area contributed by atoms with Crippen LogP contribution in [0, 0.1) is 5.92 Å². The van der Waals surface area contributed by atoms with Gasteiger partial charge in [-0.2, -0.15) is 0 Å². The Labute approximate surface area is 184 Å². The van der Waals surface area contributed by atoms with Crippen molar-refractivity contribution in [2.24, 2.45) is 5.92 Å². The second-order valence-corrected chi connectivity index (χ2v) is 13.1. The van der Waals surface area contributed by atoms with Crippen molar-refractivity contribution in [1.82, 2.24) is 14.6 Å². The van der Waals surface area contributed by atoms with Crippen LogP contribution in [0.15, 0.2) is 18.3 Å². The van der Waals surface area contributed by atoms with Gasteiger partial charge in [0.2, 0.25) is 0 Å². The monoisotopic (exact) mass is 437 g/mol. The molecule has 6 nitrogen and oxygen atoms in total. The third-order valence-electron chi connectivity index (χ3n) is 5.86. The number of hydrogen-bond donors (Lipinski definition) is 2. The maximum atomic E-state index is 12.9. The molecule has 170 valence electrons. The molecule has 7 heteroatoms. The zero-order chi connectivity index (χ0) is 22.9. The minimum atomic E-state index is -1.22. The summed E-state index contributed by atoms with van der Waals surface area (Å²) >= 11 is 0. The lowest BCUT2D eigenvalue weighted by Gasteiger charge is -2.28. The van der Waals surface area contributed by atoms with Crippen molar-refractivity contribution in [1.29, 1.82) is 0 Å². The van der Waals surface area contributed by atoms with Gasteiger partial charge < -0.3 is 10.0 Å². The molecule has 0 aliphatic carbocycles. The Morgan fingerprint density at radius 1 is 1.33 bits per heavy atom. The van der Waals surface area contributed by atoms with Gasteiger partial charge in [0, 0.05) is 18.3 Å². The highest BCUT2D eigenvalue weighted by molar-refractivity contribution is 7.84. The highest BCUT2D eigenvalue weighted by Crippen LogP contribution is 2.36. The lowest BCUT2D eigenvalue weighted by molar-refractivity contribution is 0.117. The molecule has 30 heavy (non-hydrogen) atoms. The summed E-state index contributed by atoms with van der Waals surface area (Å²) in [6.45, 7) is 16.9. The zero-order valence-electron chi connectivity index (χ0n) is 19.8. The van der Waals surface area contributed by atoms with Crippen molar-refractivity contribution in [2.75, 3.05) is 6.54 Å². The molecule has 0 bridgehead atoms. The van der Waals surface area contributed by atoms with Gasteiger partial charge in [0.05, 0.1) is 27.5 Å². The summed E-state index contributed by atoms with van der Waals surface area (Å²) in [4.78, 5) is 17.7. The fraction of sp³-hybridized carbons (Fsp3) is 0.739. The number of rotatable bonds is 6. The normalized spacial score (nSPS) is 21.5. The number of pyridine rings is 1. The van der Waals surface area contributed by atoms with E-state index >= 15 is 0 Å². The van der Waals surface area contributed by atoms with Crippen LogP contribution in [0.2, 0.25) is 0 Å². The van der Waals surface area contributed by atoms with Crippen LogP contribution in [0.3, 0.4) is 0 Å². The minimum absolute atomic E-state index is 0.00286. The lowest BCUT2D eigenvalue weighted by atomic mass is 9.86. The molecular weight excluding hydrogens is 398 g/mol. The molecule has 0 aromatic carbocycles. The summed E-state index contributed by atoms with van der Waals surface area (Å²) in [7, 11) is -1.22. The van der Waals surface area contributed by atoms with E-state index in [9.17, 15) is 14.1 Å². The summed E-state index contributed by atoms with van der Waals surface area (Å²) < 4.78 is 15.8. The molecule has 1 aliphatic heterocycles. The predicted molar refractivity (Wildman–Crippen MR) is 123 cm³/mol. The van der Waals surface area contributed by atoms with Gasteiger partial charge in [-0.3, -0.25) is 4.98 Å². The highest BCUT2D eigenvalue weighted by Gasteiger charge is 2.41. The number of amides is 1. The molecule has 0 radical (unpaired) electrons. The highest BCUT2D eigenvalue weighted by atomic mass is 32.2. The Kier molecular flexibility index (Phi) is 7.40. The average molecular weight is 438 g/mol. The van der Waals surface area contributed by atoms with Crippen LogP contribution >= 0.6 is 0 Å². The molecule has 2 unspecified atom stereocenters. The third kappa shape index (κ3) is 6.27. The average Bonchev–Trinajstić information content (AvgIpc) is 2.91. The molecule has 0 saturated carbocycles. The first-order chi connectivity index (χ1) is 13.6. The van der Waals surface area contributed by atoms with Crippen molar-refractivity contribution >= 4 is 17.1 Å². The first-order valence-electron chi connectivity index (χ1n) is 10.8. The van der Waals surface area contributed by atoms with E-state index in [1.165, 1.54) is 5.56 Å². The van der Waals surface area contributed by atoms with Gasteiger partial charge in [-0.15, -0.1) is 0 Å². The summed E-state index contributed by atoms with van der Waals surface area (Å²) in [5.41, 5.74) is 1.74. The quantitative estimate of drug-likeness (QED) is 0.654. The van der Waals surface area contributed by atoms with Crippen LogP contribution in [-0.4, -0.2) is 42.1 Å². The number of carbonyl (C=O) groups is 1. The van der Waals surface area contributed by atoms with E-state index in [-0.39, 0.29) is 27.7 Å². The first-order valence-corrected chi connectivity index (χ1v) is 11.9. The summed E-state index contributed by atoms with van der Waals surface area (Å²) in [5.74, 6) is 0.286. The minimum Gasteiger partial charge on any atom is -0.465 e. The van der Waals surface area contributed by atoms with E-state index in [1.807, 2.05) is 46.9 Å². The van der Waals surface area contributed by atoms with Crippen LogP contribution in [0.25, 0.3) is 0 Å². The molecule has 1 saturated heterocycles. The van der Waals surface area contributed by atoms with Gasteiger partial charge in [-0.1, -0.05) is 20.8 Å². The lowest BCUT2D eigenvalue weighted by Crippen LogP contribution is -2.41. The Hall–Kier alpha value is -1.47. The zero-order valence-corrected chi connectivity index (χ0v) is 20.6. The van der Waals surface area contributed by atoms with E-state index < -0.39 is 17.1 Å². The predicted octanol–water partition coefficient (Wildman–Crippen LogP) is 5.03. The molecule has 1 fully saturated rings. The van der Waals surface area contributed by atoms with Crippen molar-refractivity contribution in [3.05, 3.63) is 29.6 Å². The Morgan fingerprint density at radius 2 is 1.97 bits per heavy atom. The number of nitrogens with zero attached hydrogens (tertiary/aromatic N) is 2. The molecule has 1 aromatic rings. The molecule has 3 atom stereocenters. The van der Waals surface area contributed by atoms with Gasteiger partial charge >= 0.3 is 6.09 Å². The Balaban J connectivity index is 2.21. The van der Waals surface area contributed by atoms with E-state index in [1.54, 1.807) is 4.90 Å². The molecule has 2 heterocycles. The molecule has 2 rings (SSSR count). The Bertz CT molecular complexity index is 781. The SMILES string of the molecule is CC(C)(C)c1ccnc(C(CC[C@@H]2CN(C(=O)O)C(C)(C)C2)NS(=O)C(C)(C)C)c1. The van der Waals surface area contributed by atoms with Gasteiger partial charge in [-0.05, 0) is 82.9 Å². The van der Waals surface area contributed by atoms with Crippen LogP contribution in [0.4, 0.5) is 4.79 Å². The maximum absolute atomic E-state index is 12.9. The summed E-state index contributed by atoms with van der Waals surface area (Å²) in [6.07, 6.45) is 3.43. The molecule has 2 N–H and O–H groups in total. The smallest absolute Gasteiger partial charge is 0.407 e. The fourth-order valence-electron chi connectivity index (χ4n) is 4.00. The van der Waals surface area contributed by atoms with Crippen molar-refractivity contribution < 1.29 is 14.1 Å². The van der Waals surface area contributed by atoms with Gasteiger partial charge in [0.1, 0.15) is 0 Å². The molecule has 1 amide bonds. The first kappa shape index (κ1) is 24.8. The largest absolute Gasteiger partial charge is 0.465 e. The van der Waals surface area contributed by atoms with E-state index in [0.29, 0.717) is 6.54 Å². The number of carboxylic acid groups (broad SMARTS) is 1. The Morgan fingerprint density at radius 3 is 2.47 bits per heavy atom. The summed E-state index contributed by atoms with van der Waals surface area (Å²) in [6, 6.07) is 4.00.